The first-order chi connectivity index (χ1) is 9.68. The normalized spacial score (nSPS) is 60.9. The Morgan fingerprint density at radius 3 is 2.38 bits per heavy atom. The molecule has 1 aliphatic heterocycles. The van der Waals surface area contributed by atoms with Crippen LogP contribution >= 0.6 is 0 Å². The molecular weight excluding hydrogens is 260 g/mol. The number of fused-ring (bicyclic) bond motifs is 3. The molecule has 0 radical (unpaired) electrons. The molecule has 2 bridgehead atoms. The van der Waals surface area contributed by atoms with Crippen molar-refractivity contribution in [2.75, 3.05) is 0 Å². The SMILES string of the molecule is CCC1(C)O[C@H]2C[C@@]34C[C@H](C(C)(C)[C@@H]3CC[C@H]4C)[C@@]2(C)O1. The van der Waals surface area contributed by atoms with Crippen molar-refractivity contribution in [1.82, 2.24) is 0 Å². The summed E-state index contributed by atoms with van der Waals surface area (Å²) in [5.74, 6) is 2.00. The molecule has 4 aliphatic rings. The van der Waals surface area contributed by atoms with Gasteiger partial charge in [-0.1, -0.05) is 27.7 Å². The summed E-state index contributed by atoms with van der Waals surface area (Å²) in [7, 11) is 0. The molecule has 21 heavy (non-hydrogen) atoms. The minimum Gasteiger partial charge on any atom is -0.344 e. The van der Waals surface area contributed by atoms with Crippen molar-refractivity contribution in [1.29, 1.82) is 0 Å². The Labute approximate surface area is 130 Å². The lowest BCUT2D eigenvalue weighted by atomic mass is 9.63. The molecule has 3 aliphatic carbocycles. The van der Waals surface area contributed by atoms with Gasteiger partial charge < -0.3 is 9.47 Å². The summed E-state index contributed by atoms with van der Waals surface area (Å²) < 4.78 is 13.1. The molecule has 4 rings (SSSR count). The van der Waals surface area contributed by atoms with Crippen LogP contribution < -0.4 is 0 Å². The van der Waals surface area contributed by atoms with Gasteiger partial charge in [-0.15, -0.1) is 0 Å². The first-order valence-electron chi connectivity index (χ1n) is 9.06. The number of ether oxygens (including phenoxy) is 2. The highest BCUT2D eigenvalue weighted by molar-refractivity contribution is 5.21. The van der Waals surface area contributed by atoms with E-state index in [1.54, 1.807) is 0 Å². The zero-order valence-corrected chi connectivity index (χ0v) is 14.7. The fraction of sp³-hybridized carbons (Fsp3) is 1.00. The molecule has 1 spiro atoms. The lowest BCUT2D eigenvalue weighted by Crippen LogP contribution is -2.52. The Bertz CT molecular complexity index is 472. The molecule has 3 saturated carbocycles. The van der Waals surface area contributed by atoms with Gasteiger partial charge in [0.05, 0.1) is 11.7 Å². The van der Waals surface area contributed by atoms with E-state index < -0.39 is 0 Å². The second-order valence-electron chi connectivity index (χ2n) is 9.43. The quantitative estimate of drug-likeness (QED) is 0.693. The van der Waals surface area contributed by atoms with Crippen molar-refractivity contribution in [2.24, 2.45) is 28.6 Å². The van der Waals surface area contributed by atoms with Crippen LogP contribution in [0, 0.1) is 28.6 Å². The Balaban J connectivity index is 1.79. The Morgan fingerprint density at radius 2 is 1.71 bits per heavy atom. The Morgan fingerprint density at radius 1 is 1.00 bits per heavy atom. The molecular formula is C19H32O2. The van der Waals surface area contributed by atoms with Crippen molar-refractivity contribution in [3.63, 3.8) is 0 Å². The van der Waals surface area contributed by atoms with Crippen LogP contribution in [-0.2, 0) is 9.47 Å². The van der Waals surface area contributed by atoms with Gasteiger partial charge in [-0.2, -0.15) is 0 Å². The number of hydrogen-bond donors (Lipinski definition) is 0. The van der Waals surface area contributed by atoms with Gasteiger partial charge in [0.15, 0.2) is 5.79 Å². The van der Waals surface area contributed by atoms with Crippen LogP contribution in [-0.4, -0.2) is 17.5 Å². The summed E-state index contributed by atoms with van der Waals surface area (Å²) in [5.41, 5.74) is 0.834. The van der Waals surface area contributed by atoms with E-state index in [0.29, 0.717) is 22.9 Å². The van der Waals surface area contributed by atoms with Gasteiger partial charge in [0.1, 0.15) is 0 Å². The van der Waals surface area contributed by atoms with Gasteiger partial charge in [0.25, 0.3) is 0 Å². The van der Waals surface area contributed by atoms with Gasteiger partial charge in [-0.3, -0.25) is 0 Å². The summed E-state index contributed by atoms with van der Waals surface area (Å²) in [5, 5.41) is 0. The van der Waals surface area contributed by atoms with Crippen molar-refractivity contribution in [3.05, 3.63) is 0 Å². The van der Waals surface area contributed by atoms with E-state index in [1.807, 2.05) is 0 Å². The van der Waals surface area contributed by atoms with E-state index in [4.69, 9.17) is 9.47 Å². The predicted molar refractivity (Wildman–Crippen MR) is 83.9 cm³/mol. The van der Waals surface area contributed by atoms with Gasteiger partial charge in [0, 0.05) is 0 Å². The molecule has 7 atom stereocenters. The van der Waals surface area contributed by atoms with Crippen molar-refractivity contribution < 1.29 is 9.47 Å². The minimum absolute atomic E-state index is 0.0798. The smallest absolute Gasteiger partial charge is 0.166 e. The minimum atomic E-state index is -0.367. The van der Waals surface area contributed by atoms with Gasteiger partial charge in [-0.05, 0) is 74.5 Å². The average Bonchev–Trinajstić information content (AvgIpc) is 2.92. The zero-order chi connectivity index (χ0) is 15.3. The van der Waals surface area contributed by atoms with E-state index in [1.165, 1.54) is 25.7 Å². The predicted octanol–water partition coefficient (Wildman–Crippen LogP) is 4.77. The van der Waals surface area contributed by atoms with E-state index in [2.05, 4.69) is 41.5 Å². The van der Waals surface area contributed by atoms with Crippen LogP contribution in [0.3, 0.4) is 0 Å². The number of rotatable bonds is 1. The Hall–Kier alpha value is -0.0800. The highest BCUT2D eigenvalue weighted by Crippen LogP contribution is 2.75. The molecule has 120 valence electrons. The highest BCUT2D eigenvalue weighted by atomic mass is 16.8. The van der Waals surface area contributed by atoms with Gasteiger partial charge in [-0.25, -0.2) is 0 Å². The van der Waals surface area contributed by atoms with E-state index in [-0.39, 0.29) is 11.4 Å². The lowest BCUT2D eigenvalue weighted by Gasteiger charge is -2.47. The van der Waals surface area contributed by atoms with Gasteiger partial charge in [0.2, 0.25) is 0 Å². The standard InChI is InChI=1S/C19H32O2/c1-7-17(5)20-15-11-19-10-14(18(15,6)21-17)16(3,4)13(19)9-8-12(19)2/h12-15H,7-11H2,1-6H3/t12-,13+,14-,15+,17?,18-,19-/m1/s1. The fourth-order valence-electron chi connectivity index (χ4n) is 7.06. The summed E-state index contributed by atoms with van der Waals surface area (Å²) in [6.07, 6.45) is 6.66. The molecule has 1 heterocycles. The van der Waals surface area contributed by atoms with Crippen LogP contribution in [0.1, 0.15) is 73.6 Å². The fourth-order valence-corrected chi connectivity index (χ4v) is 7.06. The second kappa shape index (κ2) is 3.87. The molecule has 0 aromatic rings. The third kappa shape index (κ3) is 1.52. The van der Waals surface area contributed by atoms with Crippen molar-refractivity contribution in [2.45, 2.75) is 91.1 Å². The molecule has 1 saturated heterocycles. The average molecular weight is 292 g/mol. The zero-order valence-electron chi connectivity index (χ0n) is 14.7. The topological polar surface area (TPSA) is 18.5 Å². The summed E-state index contributed by atoms with van der Waals surface area (Å²) in [4.78, 5) is 0. The monoisotopic (exact) mass is 292 g/mol. The van der Waals surface area contributed by atoms with Crippen LogP contribution in [0.2, 0.25) is 0 Å². The first kappa shape index (κ1) is 14.5. The van der Waals surface area contributed by atoms with Crippen LogP contribution in [0.25, 0.3) is 0 Å². The summed E-state index contributed by atoms with van der Waals surface area (Å²) in [6, 6.07) is 0. The summed E-state index contributed by atoms with van der Waals surface area (Å²) in [6.45, 7) is 14.2. The first-order valence-corrected chi connectivity index (χ1v) is 9.06. The van der Waals surface area contributed by atoms with Crippen molar-refractivity contribution in [3.8, 4) is 0 Å². The van der Waals surface area contributed by atoms with E-state index in [0.717, 1.165) is 18.3 Å². The Kier molecular flexibility index (Phi) is 2.67. The van der Waals surface area contributed by atoms with E-state index in [9.17, 15) is 0 Å². The maximum Gasteiger partial charge on any atom is 0.166 e. The molecule has 2 heteroatoms. The number of hydrogen-bond acceptors (Lipinski definition) is 2. The largest absolute Gasteiger partial charge is 0.344 e. The van der Waals surface area contributed by atoms with Gasteiger partial charge >= 0.3 is 0 Å². The molecule has 0 N–H and O–H groups in total. The third-order valence-corrected chi connectivity index (χ3v) is 8.31. The summed E-state index contributed by atoms with van der Waals surface area (Å²) >= 11 is 0. The van der Waals surface area contributed by atoms with Crippen LogP contribution in [0.15, 0.2) is 0 Å². The third-order valence-electron chi connectivity index (χ3n) is 8.31. The molecule has 0 amide bonds. The van der Waals surface area contributed by atoms with Crippen LogP contribution in [0.4, 0.5) is 0 Å². The second-order valence-corrected chi connectivity index (χ2v) is 9.43. The molecule has 0 aromatic carbocycles. The van der Waals surface area contributed by atoms with Crippen molar-refractivity contribution >= 4 is 0 Å². The molecule has 0 aromatic heterocycles. The van der Waals surface area contributed by atoms with Crippen LogP contribution in [0.5, 0.6) is 0 Å². The highest BCUT2D eigenvalue weighted by Gasteiger charge is 2.74. The molecule has 2 nitrogen and oxygen atoms in total. The lowest BCUT2D eigenvalue weighted by molar-refractivity contribution is -0.190. The van der Waals surface area contributed by atoms with E-state index >= 15 is 0 Å². The maximum absolute atomic E-state index is 6.63. The molecule has 4 fully saturated rings. The molecule has 1 unspecified atom stereocenters. The maximum atomic E-state index is 6.63.